The Labute approximate surface area is 165 Å². The highest BCUT2D eigenvalue weighted by Gasteiger charge is 2.28. The average Bonchev–Trinajstić information content (AvgIpc) is 3.00. The summed E-state index contributed by atoms with van der Waals surface area (Å²) in [7, 11) is -1.99. The molecule has 1 saturated heterocycles. The van der Waals surface area contributed by atoms with Crippen LogP contribution in [0.15, 0.2) is 27.6 Å². The number of rotatable bonds is 5. The van der Waals surface area contributed by atoms with Gasteiger partial charge in [0.2, 0.25) is 10.0 Å². The maximum absolute atomic E-state index is 13.0. The number of aryl methyl sites for hydroxylation is 3. The van der Waals surface area contributed by atoms with Gasteiger partial charge in [-0.25, -0.2) is 8.42 Å². The van der Waals surface area contributed by atoms with Crippen LogP contribution in [0.1, 0.15) is 32.9 Å². The largest absolute Gasteiger partial charge is 0.379 e. The quantitative estimate of drug-likeness (QED) is 0.752. The summed E-state index contributed by atoms with van der Waals surface area (Å²) >= 11 is 0. The first kappa shape index (κ1) is 20.5. The lowest BCUT2D eigenvalue weighted by molar-refractivity contribution is 0.0730. The Kier molecular flexibility index (Phi) is 5.87. The van der Waals surface area contributed by atoms with Crippen LogP contribution in [0.3, 0.4) is 0 Å². The summed E-state index contributed by atoms with van der Waals surface area (Å²) in [6.45, 7) is 7.12. The second-order valence-corrected chi connectivity index (χ2v) is 8.90. The second-order valence-electron chi connectivity index (χ2n) is 6.96. The van der Waals surface area contributed by atoms with Crippen LogP contribution in [0.4, 0.5) is 0 Å². The van der Waals surface area contributed by atoms with Gasteiger partial charge in [0.15, 0.2) is 0 Å². The van der Waals surface area contributed by atoms with E-state index in [9.17, 15) is 13.2 Å². The molecule has 0 atom stereocenters. The first-order valence-corrected chi connectivity index (χ1v) is 10.5. The number of benzene rings is 1. The van der Waals surface area contributed by atoms with E-state index in [-0.39, 0.29) is 10.8 Å². The Morgan fingerprint density at radius 3 is 2.50 bits per heavy atom. The molecule has 2 aromatic rings. The number of hydrogen-bond donors (Lipinski definition) is 0. The van der Waals surface area contributed by atoms with Crippen LogP contribution in [0, 0.1) is 20.8 Å². The van der Waals surface area contributed by atoms with Crippen molar-refractivity contribution in [3.63, 3.8) is 0 Å². The summed E-state index contributed by atoms with van der Waals surface area (Å²) < 4.78 is 37.6. The van der Waals surface area contributed by atoms with Crippen LogP contribution < -0.4 is 0 Å². The summed E-state index contributed by atoms with van der Waals surface area (Å²) in [6, 6.07) is 4.68. The van der Waals surface area contributed by atoms with E-state index in [1.807, 2.05) is 6.92 Å². The molecule has 0 N–H and O–H groups in total. The molecule has 0 bridgehead atoms. The van der Waals surface area contributed by atoms with Crippen molar-refractivity contribution in [1.29, 1.82) is 0 Å². The fraction of sp³-hybridized carbons (Fsp3) is 0.474. The fourth-order valence-corrected chi connectivity index (χ4v) is 4.60. The lowest BCUT2D eigenvalue weighted by Gasteiger charge is -2.26. The molecule has 2 heterocycles. The van der Waals surface area contributed by atoms with E-state index in [0.717, 1.165) is 16.8 Å². The third-order valence-corrected chi connectivity index (χ3v) is 6.87. The van der Waals surface area contributed by atoms with E-state index in [0.29, 0.717) is 44.2 Å². The normalized spacial score (nSPS) is 15.6. The summed E-state index contributed by atoms with van der Waals surface area (Å²) in [5.41, 5.74) is 2.67. The van der Waals surface area contributed by atoms with Gasteiger partial charge in [-0.15, -0.1) is 0 Å². The molecule has 152 valence electrons. The smallest absolute Gasteiger partial charge is 0.254 e. The third kappa shape index (κ3) is 3.96. The molecule has 28 heavy (non-hydrogen) atoms. The molecular formula is C19H25N3O5S. The number of aromatic nitrogens is 1. The number of hydrogen-bond acceptors (Lipinski definition) is 6. The van der Waals surface area contributed by atoms with Gasteiger partial charge in [-0.2, -0.15) is 4.31 Å². The molecule has 9 heteroatoms. The Morgan fingerprint density at radius 2 is 1.89 bits per heavy atom. The van der Waals surface area contributed by atoms with Crippen molar-refractivity contribution in [2.45, 2.75) is 32.2 Å². The highest BCUT2D eigenvalue weighted by atomic mass is 32.2. The van der Waals surface area contributed by atoms with Gasteiger partial charge in [0, 0.05) is 31.3 Å². The summed E-state index contributed by atoms with van der Waals surface area (Å²) in [4.78, 5) is 14.7. The Bertz CT molecular complexity index is 958. The van der Waals surface area contributed by atoms with E-state index in [1.54, 1.807) is 37.9 Å². The van der Waals surface area contributed by atoms with E-state index in [4.69, 9.17) is 9.26 Å². The number of nitrogens with zero attached hydrogens (tertiary/aromatic N) is 3. The molecule has 0 aliphatic carbocycles. The van der Waals surface area contributed by atoms with Crippen molar-refractivity contribution < 1.29 is 22.5 Å². The standard InChI is InChI=1S/C19H25N3O5S/c1-13-5-6-16(28(24,25)22-7-9-26-10-8-22)11-17(13)19(23)21(4)12-18-14(2)20-27-15(18)3/h5-6,11H,7-10,12H2,1-4H3. The van der Waals surface area contributed by atoms with Crippen LogP contribution in [-0.4, -0.2) is 62.0 Å². The van der Waals surface area contributed by atoms with Crippen molar-refractivity contribution in [1.82, 2.24) is 14.4 Å². The molecule has 1 aliphatic heterocycles. The van der Waals surface area contributed by atoms with Gasteiger partial charge >= 0.3 is 0 Å². The van der Waals surface area contributed by atoms with Crippen molar-refractivity contribution in [2.24, 2.45) is 0 Å². The first-order chi connectivity index (χ1) is 13.2. The van der Waals surface area contributed by atoms with Crippen molar-refractivity contribution in [3.8, 4) is 0 Å². The Balaban J connectivity index is 1.87. The number of sulfonamides is 1. The molecule has 0 spiro atoms. The van der Waals surface area contributed by atoms with Gasteiger partial charge in [-0.1, -0.05) is 11.2 Å². The van der Waals surface area contributed by atoms with Crippen molar-refractivity contribution >= 4 is 15.9 Å². The number of carbonyl (C=O) groups excluding carboxylic acids is 1. The molecule has 1 fully saturated rings. The highest BCUT2D eigenvalue weighted by molar-refractivity contribution is 7.89. The molecule has 1 amide bonds. The molecule has 1 aromatic heterocycles. The van der Waals surface area contributed by atoms with Gasteiger partial charge in [-0.05, 0) is 38.5 Å². The lowest BCUT2D eigenvalue weighted by Crippen LogP contribution is -2.40. The predicted molar refractivity (Wildman–Crippen MR) is 103 cm³/mol. The minimum absolute atomic E-state index is 0.120. The summed E-state index contributed by atoms with van der Waals surface area (Å²) in [5, 5.41) is 3.91. The monoisotopic (exact) mass is 407 g/mol. The molecule has 1 aliphatic rings. The van der Waals surface area contributed by atoms with Crippen LogP contribution in [-0.2, 0) is 21.3 Å². The maximum atomic E-state index is 13.0. The van der Waals surface area contributed by atoms with Gasteiger partial charge in [-0.3, -0.25) is 4.79 Å². The molecule has 0 unspecified atom stereocenters. The molecular weight excluding hydrogens is 382 g/mol. The first-order valence-electron chi connectivity index (χ1n) is 9.07. The fourth-order valence-electron chi connectivity index (χ4n) is 3.17. The lowest BCUT2D eigenvalue weighted by atomic mass is 10.1. The second kappa shape index (κ2) is 8.02. The zero-order valence-corrected chi connectivity index (χ0v) is 17.4. The molecule has 8 nitrogen and oxygen atoms in total. The van der Waals surface area contributed by atoms with Gasteiger partial charge in [0.1, 0.15) is 5.76 Å². The van der Waals surface area contributed by atoms with Crippen LogP contribution >= 0.6 is 0 Å². The predicted octanol–water partition coefficient (Wildman–Crippen LogP) is 1.89. The van der Waals surface area contributed by atoms with Crippen LogP contribution in [0.5, 0.6) is 0 Å². The zero-order chi connectivity index (χ0) is 20.5. The van der Waals surface area contributed by atoms with Crippen molar-refractivity contribution in [2.75, 3.05) is 33.4 Å². The SMILES string of the molecule is Cc1ccc(S(=O)(=O)N2CCOCC2)cc1C(=O)N(C)Cc1c(C)noc1C. The Morgan fingerprint density at radius 1 is 1.21 bits per heavy atom. The molecule has 3 rings (SSSR count). The number of ether oxygens (including phenoxy) is 1. The minimum Gasteiger partial charge on any atom is -0.379 e. The molecule has 0 saturated carbocycles. The number of amides is 1. The number of carbonyl (C=O) groups is 1. The Hall–Kier alpha value is -2.23. The van der Waals surface area contributed by atoms with E-state index >= 15 is 0 Å². The third-order valence-electron chi connectivity index (χ3n) is 4.97. The number of morpholine rings is 1. The topological polar surface area (TPSA) is 93.0 Å². The highest BCUT2D eigenvalue weighted by Crippen LogP contribution is 2.22. The zero-order valence-electron chi connectivity index (χ0n) is 16.6. The van der Waals surface area contributed by atoms with Gasteiger partial charge < -0.3 is 14.2 Å². The minimum atomic E-state index is -3.67. The summed E-state index contributed by atoms with van der Waals surface area (Å²) in [5.74, 6) is 0.411. The van der Waals surface area contributed by atoms with Gasteiger partial charge in [0.25, 0.3) is 5.91 Å². The van der Waals surface area contributed by atoms with Crippen LogP contribution in [0.25, 0.3) is 0 Å². The van der Waals surface area contributed by atoms with E-state index in [2.05, 4.69) is 5.16 Å². The van der Waals surface area contributed by atoms with Crippen molar-refractivity contribution in [3.05, 3.63) is 46.3 Å². The average molecular weight is 407 g/mol. The molecule has 1 aromatic carbocycles. The van der Waals surface area contributed by atoms with E-state index < -0.39 is 10.0 Å². The van der Waals surface area contributed by atoms with Crippen LogP contribution in [0.2, 0.25) is 0 Å². The summed E-state index contributed by atoms with van der Waals surface area (Å²) in [6.07, 6.45) is 0. The van der Waals surface area contributed by atoms with Gasteiger partial charge in [0.05, 0.1) is 30.3 Å². The maximum Gasteiger partial charge on any atom is 0.254 e. The van der Waals surface area contributed by atoms with E-state index in [1.165, 1.54) is 10.4 Å². The molecule has 0 radical (unpaired) electrons.